The highest BCUT2D eigenvalue weighted by atomic mass is 32.1. The van der Waals surface area contributed by atoms with Crippen LogP contribution in [0.5, 0.6) is 5.75 Å². The zero-order chi connectivity index (χ0) is 15.1. The molecular formula is C16H20N2O2S. The lowest BCUT2D eigenvalue weighted by molar-refractivity contribution is 0.0796. The number of benzene rings is 1. The Labute approximate surface area is 129 Å². The van der Waals surface area contributed by atoms with Gasteiger partial charge in [0.05, 0.1) is 0 Å². The molecule has 1 amide bonds. The molecule has 0 saturated carbocycles. The summed E-state index contributed by atoms with van der Waals surface area (Å²) in [5.74, 6) is 0.725. The average molecular weight is 304 g/mol. The van der Waals surface area contributed by atoms with Crippen molar-refractivity contribution in [1.82, 2.24) is 10.2 Å². The molecule has 0 unspecified atom stereocenters. The van der Waals surface area contributed by atoms with Crippen LogP contribution in [0.4, 0.5) is 0 Å². The van der Waals surface area contributed by atoms with Gasteiger partial charge in [-0.05, 0) is 36.7 Å². The lowest BCUT2D eigenvalue weighted by atomic mass is 10.2. The summed E-state index contributed by atoms with van der Waals surface area (Å²) >= 11 is 1.66. The number of nitrogens with zero attached hydrogens (tertiary/aromatic N) is 1. The largest absolute Gasteiger partial charge is 0.488 e. The normalized spacial score (nSPS) is 10.4. The number of ether oxygens (including phenoxy) is 1. The second-order valence-electron chi connectivity index (χ2n) is 4.73. The number of thiophene rings is 1. The molecule has 0 radical (unpaired) electrons. The summed E-state index contributed by atoms with van der Waals surface area (Å²) in [4.78, 5) is 15.1. The summed E-state index contributed by atoms with van der Waals surface area (Å²) in [5, 5.41) is 5.06. The monoisotopic (exact) mass is 304 g/mol. The molecule has 21 heavy (non-hydrogen) atoms. The van der Waals surface area contributed by atoms with Crippen LogP contribution in [0.3, 0.4) is 0 Å². The molecule has 0 aliphatic heterocycles. The molecular weight excluding hydrogens is 284 g/mol. The Balaban J connectivity index is 1.98. The van der Waals surface area contributed by atoms with Crippen molar-refractivity contribution in [1.29, 1.82) is 0 Å². The number of nitrogens with one attached hydrogen (secondary N) is 1. The first-order chi connectivity index (χ1) is 10.2. The molecule has 5 heteroatoms. The Hall–Kier alpha value is -1.85. The Morgan fingerprint density at radius 1 is 1.33 bits per heavy atom. The van der Waals surface area contributed by atoms with E-state index in [1.54, 1.807) is 29.4 Å². The minimum absolute atomic E-state index is 0.00632. The second kappa shape index (κ2) is 7.81. The van der Waals surface area contributed by atoms with Gasteiger partial charge in [-0.15, -0.1) is 11.3 Å². The van der Waals surface area contributed by atoms with Crippen LogP contribution in [0.1, 0.15) is 15.2 Å². The van der Waals surface area contributed by atoms with Crippen LogP contribution in [0.2, 0.25) is 0 Å². The number of hydrogen-bond donors (Lipinski definition) is 1. The van der Waals surface area contributed by atoms with Crippen LogP contribution in [-0.2, 0) is 6.61 Å². The van der Waals surface area contributed by atoms with Crippen LogP contribution in [0.25, 0.3) is 0 Å². The van der Waals surface area contributed by atoms with Gasteiger partial charge in [0.15, 0.2) is 0 Å². The Bertz CT molecular complexity index is 569. The first-order valence-corrected chi connectivity index (χ1v) is 7.74. The van der Waals surface area contributed by atoms with Crippen LogP contribution < -0.4 is 10.1 Å². The maximum atomic E-state index is 12.3. The smallest absolute Gasteiger partial charge is 0.253 e. The summed E-state index contributed by atoms with van der Waals surface area (Å²) in [7, 11) is 3.68. The van der Waals surface area contributed by atoms with E-state index in [1.165, 1.54) is 0 Å². The molecule has 112 valence electrons. The van der Waals surface area contributed by atoms with Crippen molar-refractivity contribution in [2.45, 2.75) is 6.61 Å². The fraction of sp³-hybridized carbons (Fsp3) is 0.312. The molecule has 0 aliphatic carbocycles. The molecule has 0 bridgehead atoms. The van der Waals surface area contributed by atoms with Crippen LogP contribution in [0, 0.1) is 0 Å². The third-order valence-corrected chi connectivity index (χ3v) is 3.94. The van der Waals surface area contributed by atoms with Crippen molar-refractivity contribution in [3.8, 4) is 5.75 Å². The van der Waals surface area contributed by atoms with E-state index in [-0.39, 0.29) is 5.91 Å². The lowest BCUT2D eigenvalue weighted by Crippen LogP contribution is -2.32. The predicted octanol–water partition coefficient (Wildman–Crippen LogP) is 2.62. The first kappa shape index (κ1) is 15.5. The van der Waals surface area contributed by atoms with Crippen LogP contribution >= 0.6 is 11.3 Å². The Kier molecular flexibility index (Phi) is 5.78. The maximum Gasteiger partial charge on any atom is 0.253 e. The molecule has 0 spiro atoms. The number of amides is 1. The quantitative estimate of drug-likeness (QED) is 0.855. The highest BCUT2D eigenvalue weighted by Crippen LogP contribution is 2.18. The average Bonchev–Trinajstić information content (AvgIpc) is 3.03. The standard InChI is InChI=1S/C16H20N2O2S/c1-17-8-9-18(2)16(19)13-5-3-6-14(11-13)20-12-15-7-4-10-21-15/h3-7,10-11,17H,8-9,12H2,1-2H3. The number of hydrogen-bond acceptors (Lipinski definition) is 4. The van der Waals surface area contributed by atoms with Crippen molar-refractivity contribution in [2.75, 3.05) is 27.2 Å². The van der Waals surface area contributed by atoms with E-state index in [2.05, 4.69) is 5.32 Å². The van der Waals surface area contributed by atoms with Gasteiger partial charge in [0.1, 0.15) is 12.4 Å². The van der Waals surface area contributed by atoms with Gasteiger partial charge in [-0.3, -0.25) is 4.79 Å². The summed E-state index contributed by atoms with van der Waals surface area (Å²) in [6.07, 6.45) is 0. The highest BCUT2D eigenvalue weighted by Gasteiger charge is 2.11. The van der Waals surface area contributed by atoms with E-state index in [0.717, 1.165) is 17.2 Å². The number of likely N-dealkylation sites (N-methyl/N-ethyl adjacent to an activating group) is 2. The van der Waals surface area contributed by atoms with Crippen molar-refractivity contribution < 1.29 is 9.53 Å². The molecule has 0 fully saturated rings. The summed E-state index contributed by atoms with van der Waals surface area (Å²) < 4.78 is 5.73. The van der Waals surface area contributed by atoms with E-state index >= 15 is 0 Å². The third-order valence-electron chi connectivity index (χ3n) is 3.09. The highest BCUT2D eigenvalue weighted by molar-refractivity contribution is 7.09. The lowest BCUT2D eigenvalue weighted by Gasteiger charge is -2.17. The number of carbonyl (C=O) groups is 1. The molecule has 1 heterocycles. The molecule has 0 atom stereocenters. The summed E-state index contributed by atoms with van der Waals surface area (Å²) in [6, 6.07) is 11.4. The Morgan fingerprint density at radius 3 is 2.90 bits per heavy atom. The van der Waals surface area contributed by atoms with Gasteiger partial charge >= 0.3 is 0 Å². The maximum absolute atomic E-state index is 12.3. The molecule has 2 aromatic rings. The zero-order valence-corrected chi connectivity index (χ0v) is 13.2. The molecule has 2 rings (SSSR count). The van der Waals surface area contributed by atoms with E-state index < -0.39 is 0 Å². The van der Waals surface area contributed by atoms with E-state index in [4.69, 9.17) is 4.74 Å². The van der Waals surface area contributed by atoms with Crippen molar-refractivity contribution in [2.24, 2.45) is 0 Å². The van der Waals surface area contributed by atoms with Gasteiger partial charge in [-0.1, -0.05) is 12.1 Å². The van der Waals surface area contributed by atoms with Gasteiger partial charge in [-0.2, -0.15) is 0 Å². The minimum atomic E-state index is 0.00632. The minimum Gasteiger partial charge on any atom is -0.488 e. The Morgan fingerprint density at radius 2 is 2.19 bits per heavy atom. The van der Waals surface area contributed by atoms with Gasteiger partial charge in [0.2, 0.25) is 0 Å². The van der Waals surface area contributed by atoms with Crippen LogP contribution in [0.15, 0.2) is 41.8 Å². The van der Waals surface area contributed by atoms with Gasteiger partial charge in [0.25, 0.3) is 5.91 Å². The molecule has 1 aromatic carbocycles. The van der Waals surface area contributed by atoms with Crippen molar-refractivity contribution >= 4 is 17.2 Å². The zero-order valence-electron chi connectivity index (χ0n) is 12.3. The SMILES string of the molecule is CNCCN(C)C(=O)c1cccc(OCc2cccs2)c1. The van der Waals surface area contributed by atoms with E-state index in [9.17, 15) is 4.79 Å². The van der Waals surface area contributed by atoms with Crippen LogP contribution in [-0.4, -0.2) is 38.0 Å². The summed E-state index contributed by atoms with van der Waals surface area (Å²) in [6.45, 7) is 1.98. The molecule has 0 saturated heterocycles. The van der Waals surface area contributed by atoms with Crippen molar-refractivity contribution in [3.63, 3.8) is 0 Å². The second-order valence-corrected chi connectivity index (χ2v) is 5.76. The van der Waals surface area contributed by atoms with E-state index in [0.29, 0.717) is 18.7 Å². The predicted molar refractivity (Wildman–Crippen MR) is 86.0 cm³/mol. The molecule has 0 aliphatic rings. The molecule has 1 aromatic heterocycles. The van der Waals surface area contributed by atoms with E-state index in [1.807, 2.05) is 42.8 Å². The fourth-order valence-electron chi connectivity index (χ4n) is 1.87. The first-order valence-electron chi connectivity index (χ1n) is 6.86. The number of rotatable bonds is 7. The van der Waals surface area contributed by atoms with Gasteiger partial charge in [-0.25, -0.2) is 0 Å². The topological polar surface area (TPSA) is 41.6 Å². The van der Waals surface area contributed by atoms with Gasteiger partial charge < -0.3 is 15.0 Å². The van der Waals surface area contributed by atoms with Crippen molar-refractivity contribution in [3.05, 3.63) is 52.2 Å². The molecule has 1 N–H and O–H groups in total. The third kappa shape index (κ3) is 4.58. The number of carbonyl (C=O) groups excluding carboxylic acids is 1. The van der Waals surface area contributed by atoms with Gasteiger partial charge in [0, 0.05) is 30.6 Å². The fourth-order valence-corrected chi connectivity index (χ4v) is 2.49. The summed E-state index contributed by atoms with van der Waals surface area (Å²) in [5.41, 5.74) is 0.650. The molecule has 4 nitrogen and oxygen atoms in total.